The molecule has 0 saturated carbocycles. The van der Waals surface area contributed by atoms with Gasteiger partial charge in [-0.25, -0.2) is 4.99 Å². The number of rotatable bonds is 1. The molecular formula is C9H15BrN2O. The fourth-order valence-corrected chi connectivity index (χ4v) is 1.43. The molecule has 0 aromatic rings. The lowest BCUT2D eigenvalue weighted by Crippen LogP contribution is -2.39. The molecule has 0 spiro atoms. The molecule has 0 aliphatic carbocycles. The van der Waals surface area contributed by atoms with E-state index in [9.17, 15) is 0 Å². The highest BCUT2D eigenvalue weighted by molar-refractivity contribution is 9.11. The first-order chi connectivity index (χ1) is 6.24. The maximum Gasteiger partial charge on any atom is 0.103 e. The zero-order chi connectivity index (χ0) is 9.68. The molecular weight excluding hydrogens is 232 g/mol. The Balaban J connectivity index is 2.54. The first-order valence-corrected chi connectivity index (χ1v) is 5.23. The Morgan fingerprint density at radius 2 is 2.08 bits per heavy atom. The van der Waals surface area contributed by atoms with Crippen molar-refractivity contribution in [1.29, 1.82) is 0 Å². The van der Waals surface area contributed by atoms with Crippen molar-refractivity contribution in [3.63, 3.8) is 0 Å². The molecule has 1 aliphatic heterocycles. The smallest absolute Gasteiger partial charge is 0.103 e. The topological polar surface area (TPSA) is 24.8 Å². The van der Waals surface area contributed by atoms with Gasteiger partial charge in [0, 0.05) is 13.1 Å². The molecule has 1 saturated heterocycles. The zero-order valence-corrected chi connectivity index (χ0v) is 9.67. The van der Waals surface area contributed by atoms with Gasteiger partial charge in [-0.1, -0.05) is 6.08 Å². The predicted octanol–water partition coefficient (Wildman–Crippen LogP) is 1.99. The molecule has 0 atom stereocenters. The quantitative estimate of drug-likeness (QED) is 0.402. The maximum atomic E-state index is 5.26. The van der Waals surface area contributed by atoms with Crippen molar-refractivity contribution in [2.75, 3.05) is 26.3 Å². The van der Waals surface area contributed by atoms with Crippen LogP contribution in [0.4, 0.5) is 0 Å². The summed E-state index contributed by atoms with van der Waals surface area (Å²) in [5.41, 5.74) is 0. The molecule has 1 aliphatic rings. The SMILES string of the molecule is C/C=C(/Br)N=C(C)N1CCOCC1. The van der Waals surface area contributed by atoms with Crippen LogP contribution < -0.4 is 0 Å². The molecule has 0 N–H and O–H groups in total. The van der Waals surface area contributed by atoms with Gasteiger partial charge in [0.25, 0.3) is 0 Å². The summed E-state index contributed by atoms with van der Waals surface area (Å²) >= 11 is 3.36. The summed E-state index contributed by atoms with van der Waals surface area (Å²) in [5.74, 6) is 1.05. The highest BCUT2D eigenvalue weighted by Crippen LogP contribution is 2.08. The molecule has 0 aromatic heterocycles. The van der Waals surface area contributed by atoms with E-state index in [1.807, 2.05) is 19.9 Å². The van der Waals surface area contributed by atoms with Crippen molar-refractivity contribution >= 4 is 21.8 Å². The van der Waals surface area contributed by atoms with E-state index in [-0.39, 0.29) is 0 Å². The summed E-state index contributed by atoms with van der Waals surface area (Å²) in [6, 6.07) is 0. The third-order valence-corrected chi connectivity index (χ3v) is 2.61. The van der Waals surface area contributed by atoms with Crippen molar-refractivity contribution in [2.24, 2.45) is 4.99 Å². The Morgan fingerprint density at radius 1 is 1.46 bits per heavy atom. The molecule has 4 heteroatoms. The van der Waals surface area contributed by atoms with E-state index in [0.717, 1.165) is 36.7 Å². The Hall–Kier alpha value is -0.350. The van der Waals surface area contributed by atoms with E-state index >= 15 is 0 Å². The van der Waals surface area contributed by atoms with Gasteiger partial charge >= 0.3 is 0 Å². The van der Waals surface area contributed by atoms with Gasteiger partial charge in [-0.3, -0.25) is 0 Å². The second-order valence-corrected chi connectivity index (χ2v) is 3.68. The Kier molecular flexibility index (Phi) is 4.45. The van der Waals surface area contributed by atoms with E-state index < -0.39 is 0 Å². The van der Waals surface area contributed by atoms with Crippen LogP contribution in [0.25, 0.3) is 0 Å². The number of allylic oxidation sites excluding steroid dienone is 1. The average Bonchev–Trinajstić information content (AvgIpc) is 2.19. The van der Waals surface area contributed by atoms with Crippen molar-refractivity contribution in [2.45, 2.75) is 13.8 Å². The van der Waals surface area contributed by atoms with E-state index in [2.05, 4.69) is 25.8 Å². The van der Waals surface area contributed by atoms with Crippen LogP contribution in [0.5, 0.6) is 0 Å². The zero-order valence-electron chi connectivity index (χ0n) is 8.09. The first-order valence-electron chi connectivity index (χ1n) is 4.44. The number of aliphatic imine (C=N–C) groups is 1. The van der Waals surface area contributed by atoms with Crippen LogP contribution in [0.2, 0.25) is 0 Å². The second kappa shape index (κ2) is 5.40. The van der Waals surface area contributed by atoms with Gasteiger partial charge in [-0.15, -0.1) is 0 Å². The minimum Gasteiger partial charge on any atom is -0.378 e. The van der Waals surface area contributed by atoms with Crippen LogP contribution in [-0.4, -0.2) is 37.0 Å². The fourth-order valence-electron chi connectivity index (χ4n) is 1.18. The van der Waals surface area contributed by atoms with Gasteiger partial charge in [0.1, 0.15) is 10.4 Å². The van der Waals surface area contributed by atoms with Gasteiger partial charge in [-0.05, 0) is 29.8 Å². The minimum atomic E-state index is 0.806. The van der Waals surface area contributed by atoms with Crippen LogP contribution in [0.3, 0.4) is 0 Å². The summed E-state index contributed by atoms with van der Waals surface area (Å²) in [5, 5.41) is 0. The van der Waals surface area contributed by atoms with E-state index in [4.69, 9.17) is 4.74 Å². The first kappa shape index (κ1) is 10.7. The highest BCUT2D eigenvalue weighted by Gasteiger charge is 2.10. The molecule has 1 fully saturated rings. The number of hydrogen-bond donors (Lipinski definition) is 0. The molecule has 0 aromatic carbocycles. The molecule has 1 heterocycles. The van der Waals surface area contributed by atoms with E-state index in [1.165, 1.54) is 0 Å². The van der Waals surface area contributed by atoms with Gasteiger partial charge in [0.2, 0.25) is 0 Å². The van der Waals surface area contributed by atoms with Crippen LogP contribution >= 0.6 is 15.9 Å². The second-order valence-electron chi connectivity index (χ2n) is 2.87. The molecule has 0 bridgehead atoms. The Labute approximate surface area is 87.6 Å². The van der Waals surface area contributed by atoms with Crippen molar-refractivity contribution in [3.05, 3.63) is 10.7 Å². The number of nitrogens with zero attached hydrogens (tertiary/aromatic N) is 2. The highest BCUT2D eigenvalue weighted by atomic mass is 79.9. The van der Waals surface area contributed by atoms with Crippen LogP contribution in [0.15, 0.2) is 15.7 Å². The van der Waals surface area contributed by atoms with Crippen molar-refractivity contribution in [3.8, 4) is 0 Å². The lowest BCUT2D eigenvalue weighted by molar-refractivity contribution is 0.0678. The largest absolute Gasteiger partial charge is 0.378 e. The van der Waals surface area contributed by atoms with Crippen molar-refractivity contribution < 1.29 is 4.74 Å². The average molecular weight is 247 g/mol. The lowest BCUT2D eigenvalue weighted by atomic mass is 10.4. The van der Waals surface area contributed by atoms with Crippen LogP contribution in [-0.2, 0) is 4.74 Å². The maximum absolute atomic E-state index is 5.26. The number of ether oxygens (including phenoxy) is 1. The van der Waals surface area contributed by atoms with Crippen LogP contribution in [0.1, 0.15) is 13.8 Å². The summed E-state index contributed by atoms with van der Waals surface area (Å²) in [7, 11) is 0. The van der Waals surface area contributed by atoms with Gasteiger partial charge < -0.3 is 9.64 Å². The predicted molar refractivity (Wildman–Crippen MR) is 58.2 cm³/mol. The van der Waals surface area contributed by atoms with Gasteiger partial charge in [0.05, 0.1) is 13.2 Å². The molecule has 0 unspecified atom stereocenters. The standard InChI is InChI=1S/C9H15BrN2O/c1-3-9(10)11-8(2)12-4-6-13-7-5-12/h3H,4-7H2,1-2H3/b9-3-,11-8?. The molecule has 74 valence electrons. The number of hydrogen-bond acceptors (Lipinski definition) is 2. The summed E-state index contributed by atoms with van der Waals surface area (Å²) < 4.78 is 6.14. The third-order valence-electron chi connectivity index (χ3n) is 1.98. The molecule has 13 heavy (non-hydrogen) atoms. The monoisotopic (exact) mass is 246 g/mol. The number of amidine groups is 1. The normalized spacial score (nSPS) is 20.7. The van der Waals surface area contributed by atoms with Gasteiger partial charge in [0.15, 0.2) is 0 Å². The van der Waals surface area contributed by atoms with Gasteiger partial charge in [-0.2, -0.15) is 0 Å². The molecule has 0 amide bonds. The van der Waals surface area contributed by atoms with E-state index in [0.29, 0.717) is 0 Å². The molecule has 0 radical (unpaired) electrons. The summed E-state index contributed by atoms with van der Waals surface area (Å²) in [4.78, 5) is 6.61. The Morgan fingerprint density at radius 3 is 2.62 bits per heavy atom. The number of halogens is 1. The lowest BCUT2D eigenvalue weighted by Gasteiger charge is -2.28. The number of morpholine rings is 1. The molecule has 3 nitrogen and oxygen atoms in total. The molecule has 1 rings (SSSR count). The van der Waals surface area contributed by atoms with E-state index in [1.54, 1.807) is 0 Å². The summed E-state index contributed by atoms with van der Waals surface area (Å²) in [6.07, 6.45) is 1.93. The van der Waals surface area contributed by atoms with Crippen LogP contribution in [0, 0.1) is 0 Å². The summed E-state index contributed by atoms with van der Waals surface area (Å²) in [6.45, 7) is 7.48. The Bertz CT molecular complexity index is 220. The van der Waals surface area contributed by atoms with Crippen molar-refractivity contribution in [1.82, 2.24) is 4.90 Å². The fraction of sp³-hybridized carbons (Fsp3) is 0.667. The minimum absolute atomic E-state index is 0.806. The third kappa shape index (κ3) is 3.48.